The Kier molecular flexibility index (Phi) is 4.52. The third kappa shape index (κ3) is 3.09. The lowest BCUT2D eigenvalue weighted by atomic mass is 10.2. The molecule has 0 fully saturated rings. The van der Waals surface area contributed by atoms with Crippen LogP contribution in [0, 0.1) is 11.3 Å². The van der Waals surface area contributed by atoms with Gasteiger partial charge < -0.3 is 5.32 Å². The SMILES string of the molecule is CCSc1cccc(NCc2cc3c(s2)CCC3)c1C#N. The topological polar surface area (TPSA) is 35.8 Å². The second-order valence-electron chi connectivity index (χ2n) is 5.09. The van der Waals surface area contributed by atoms with Gasteiger partial charge in [-0.3, -0.25) is 0 Å². The van der Waals surface area contributed by atoms with Crippen molar-refractivity contribution in [2.75, 3.05) is 11.1 Å². The Morgan fingerprint density at radius 2 is 2.29 bits per heavy atom. The molecule has 0 spiro atoms. The van der Waals surface area contributed by atoms with Crippen LogP contribution in [0.25, 0.3) is 0 Å². The highest BCUT2D eigenvalue weighted by atomic mass is 32.2. The zero-order chi connectivity index (χ0) is 14.7. The van der Waals surface area contributed by atoms with Crippen molar-refractivity contribution in [3.05, 3.63) is 45.1 Å². The van der Waals surface area contributed by atoms with E-state index in [4.69, 9.17) is 0 Å². The van der Waals surface area contributed by atoms with Crippen LogP contribution >= 0.6 is 23.1 Å². The number of anilines is 1. The van der Waals surface area contributed by atoms with Crippen LogP contribution in [0.4, 0.5) is 5.69 Å². The first kappa shape index (κ1) is 14.5. The molecule has 108 valence electrons. The molecule has 0 radical (unpaired) electrons. The van der Waals surface area contributed by atoms with Gasteiger partial charge >= 0.3 is 0 Å². The Labute approximate surface area is 134 Å². The molecule has 3 rings (SSSR count). The number of nitriles is 1. The van der Waals surface area contributed by atoms with Crippen molar-refractivity contribution in [1.82, 2.24) is 0 Å². The maximum Gasteiger partial charge on any atom is 0.102 e. The van der Waals surface area contributed by atoms with Crippen LogP contribution in [-0.4, -0.2) is 5.75 Å². The molecule has 0 saturated heterocycles. The molecule has 0 aliphatic heterocycles. The average Bonchev–Trinajstić information content (AvgIpc) is 3.06. The number of fused-ring (bicyclic) bond motifs is 1. The van der Waals surface area contributed by atoms with Gasteiger partial charge in [0, 0.05) is 21.2 Å². The Balaban J connectivity index is 1.75. The van der Waals surface area contributed by atoms with Gasteiger partial charge in [0.15, 0.2) is 0 Å². The number of thiophene rings is 1. The van der Waals surface area contributed by atoms with Crippen LogP contribution < -0.4 is 5.32 Å². The first-order valence-corrected chi connectivity index (χ1v) is 9.12. The molecule has 1 N–H and O–H groups in total. The quantitative estimate of drug-likeness (QED) is 0.803. The van der Waals surface area contributed by atoms with Crippen molar-refractivity contribution in [2.45, 2.75) is 37.6 Å². The van der Waals surface area contributed by atoms with Crippen LogP contribution in [0.1, 0.15) is 34.2 Å². The third-order valence-electron chi connectivity index (χ3n) is 3.69. The lowest BCUT2D eigenvalue weighted by Gasteiger charge is -2.10. The molecule has 1 aliphatic carbocycles. The van der Waals surface area contributed by atoms with Gasteiger partial charge in [-0.15, -0.1) is 23.1 Å². The molecule has 0 saturated carbocycles. The highest BCUT2D eigenvalue weighted by Crippen LogP contribution is 2.32. The summed E-state index contributed by atoms with van der Waals surface area (Å²) in [4.78, 5) is 4.00. The lowest BCUT2D eigenvalue weighted by molar-refractivity contribution is 0.913. The molecule has 0 atom stereocenters. The van der Waals surface area contributed by atoms with Crippen molar-refractivity contribution in [3.8, 4) is 6.07 Å². The summed E-state index contributed by atoms with van der Waals surface area (Å²) >= 11 is 3.64. The van der Waals surface area contributed by atoms with Crippen molar-refractivity contribution >= 4 is 28.8 Å². The molecule has 0 amide bonds. The normalized spacial score (nSPS) is 13.0. The van der Waals surface area contributed by atoms with Gasteiger partial charge in [-0.25, -0.2) is 0 Å². The second-order valence-corrected chi connectivity index (χ2v) is 7.62. The molecule has 1 aromatic carbocycles. The first-order valence-electron chi connectivity index (χ1n) is 7.32. The van der Waals surface area contributed by atoms with Crippen LogP contribution in [0.15, 0.2) is 29.2 Å². The number of nitrogens with one attached hydrogen (secondary N) is 1. The zero-order valence-corrected chi connectivity index (χ0v) is 13.7. The Hall–Kier alpha value is -1.44. The minimum absolute atomic E-state index is 0.772. The van der Waals surface area contributed by atoms with Crippen molar-refractivity contribution < 1.29 is 0 Å². The first-order chi connectivity index (χ1) is 10.3. The van der Waals surface area contributed by atoms with E-state index in [1.807, 2.05) is 29.5 Å². The average molecular weight is 314 g/mol. The van der Waals surface area contributed by atoms with E-state index in [2.05, 4.69) is 24.4 Å². The number of hydrogen-bond donors (Lipinski definition) is 1. The number of aryl methyl sites for hydroxylation is 2. The van der Waals surface area contributed by atoms with Gasteiger partial charge in [-0.1, -0.05) is 13.0 Å². The van der Waals surface area contributed by atoms with Crippen molar-refractivity contribution in [2.24, 2.45) is 0 Å². The van der Waals surface area contributed by atoms with E-state index >= 15 is 0 Å². The van der Waals surface area contributed by atoms with Crippen LogP contribution in [0.3, 0.4) is 0 Å². The van der Waals surface area contributed by atoms with Crippen molar-refractivity contribution in [3.63, 3.8) is 0 Å². The molecule has 2 aromatic rings. The summed E-state index contributed by atoms with van der Waals surface area (Å²) in [6.07, 6.45) is 3.79. The van der Waals surface area contributed by atoms with Crippen LogP contribution in [0.5, 0.6) is 0 Å². The smallest absolute Gasteiger partial charge is 0.102 e. The number of hydrogen-bond acceptors (Lipinski definition) is 4. The minimum Gasteiger partial charge on any atom is -0.379 e. The van der Waals surface area contributed by atoms with Gasteiger partial charge in [-0.2, -0.15) is 5.26 Å². The number of nitrogens with zero attached hydrogens (tertiary/aromatic N) is 1. The molecule has 0 bridgehead atoms. The standard InChI is InChI=1S/C17H18N2S2/c1-2-20-17-8-4-6-15(14(17)10-18)19-11-13-9-12-5-3-7-16(12)21-13/h4,6,8-9,19H,2-3,5,7,11H2,1H3. The summed E-state index contributed by atoms with van der Waals surface area (Å²) in [5.41, 5.74) is 3.26. The largest absolute Gasteiger partial charge is 0.379 e. The summed E-state index contributed by atoms with van der Waals surface area (Å²) in [6, 6.07) is 10.7. The van der Waals surface area contributed by atoms with E-state index in [0.29, 0.717) is 0 Å². The number of thioether (sulfide) groups is 1. The molecule has 2 nitrogen and oxygen atoms in total. The molecule has 1 heterocycles. The highest BCUT2D eigenvalue weighted by molar-refractivity contribution is 7.99. The van der Waals surface area contributed by atoms with Gasteiger partial charge in [0.1, 0.15) is 6.07 Å². The van der Waals surface area contributed by atoms with E-state index in [9.17, 15) is 5.26 Å². The van der Waals surface area contributed by atoms with E-state index in [-0.39, 0.29) is 0 Å². The Morgan fingerprint density at radius 1 is 1.38 bits per heavy atom. The summed E-state index contributed by atoms with van der Waals surface area (Å²) in [5.74, 6) is 0.982. The van der Waals surface area contributed by atoms with Crippen LogP contribution in [0.2, 0.25) is 0 Å². The fraction of sp³-hybridized carbons (Fsp3) is 0.353. The van der Waals surface area contributed by atoms with Gasteiger partial charge in [0.2, 0.25) is 0 Å². The summed E-state index contributed by atoms with van der Waals surface area (Å²) < 4.78 is 0. The van der Waals surface area contributed by atoms with E-state index < -0.39 is 0 Å². The van der Waals surface area contributed by atoms with Crippen LogP contribution in [-0.2, 0) is 19.4 Å². The Morgan fingerprint density at radius 3 is 3.05 bits per heavy atom. The summed E-state index contributed by atoms with van der Waals surface area (Å²) in [5, 5.41) is 12.9. The zero-order valence-electron chi connectivity index (χ0n) is 12.1. The fourth-order valence-electron chi connectivity index (χ4n) is 2.73. The number of rotatable bonds is 5. The highest BCUT2D eigenvalue weighted by Gasteiger charge is 2.15. The second kappa shape index (κ2) is 6.55. The van der Waals surface area contributed by atoms with Crippen molar-refractivity contribution in [1.29, 1.82) is 5.26 Å². The molecule has 0 unspecified atom stereocenters. The summed E-state index contributed by atoms with van der Waals surface area (Å²) in [6.45, 7) is 2.92. The predicted molar refractivity (Wildman–Crippen MR) is 91.2 cm³/mol. The van der Waals surface area contributed by atoms with Gasteiger partial charge in [0.05, 0.1) is 11.3 Å². The Bertz CT molecular complexity index is 661. The van der Waals surface area contributed by atoms with E-state index in [1.165, 1.54) is 29.7 Å². The monoisotopic (exact) mass is 314 g/mol. The van der Waals surface area contributed by atoms with E-state index in [1.54, 1.807) is 16.6 Å². The lowest BCUT2D eigenvalue weighted by Crippen LogP contribution is -2.00. The maximum atomic E-state index is 9.42. The number of benzene rings is 1. The maximum absolute atomic E-state index is 9.42. The molecule has 21 heavy (non-hydrogen) atoms. The molecular weight excluding hydrogens is 296 g/mol. The van der Waals surface area contributed by atoms with Gasteiger partial charge in [0.25, 0.3) is 0 Å². The third-order valence-corrected chi connectivity index (χ3v) is 5.87. The minimum atomic E-state index is 0.772. The molecule has 1 aliphatic rings. The van der Waals surface area contributed by atoms with E-state index in [0.717, 1.165) is 28.4 Å². The predicted octanol–water partition coefficient (Wildman–Crippen LogP) is 4.83. The molecule has 1 aromatic heterocycles. The fourth-order valence-corrected chi connectivity index (χ4v) is 4.72. The summed E-state index contributed by atoms with van der Waals surface area (Å²) in [7, 11) is 0. The van der Waals surface area contributed by atoms with Gasteiger partial charge in [-0.05, 0) is 48.8 Å². The molecule has 4 heteroatoms. The molecular formula is C17H18N2S2.